The highest BCUT2D eigenvalue weighted by Gasteiger charge is 2.25. The molecule has 15 heavy (non-hydrogen) atoms. The highest BCUT2D eigenvalue weighted by atomic mass is 16.3. The van der Waals surface area contributed by atoms with Crippen molar-refractivity contribution in [3.8, 4) is 0 Å². The second-order valence-electron chi connectivity index (χ2n) is 4.41. The number of nitrogens with zero attached hydrogens (tertiary/aromatic N) is 1. The van der Waals surface area contributed by atoms with Crippen LogP contribution in [0.15, 0.2) is 18.2 Å². The van der Waals surface area contributed by atoms with Gasteiger partial charge in [-0.2, -0.15) is 0 Å². The van der Waals surface area contributed by atoms with Crippen molar-refractivity contribution in [2.75, 3.05) is 18.1 Å². The Balaban J connectivity index is 2.36. The van der Waals surface area contributed by atoms with E-state index in [0.717, 1.165) is 13.0 Å². The van der Waals surface area contributed by atoms with Crippen LogP contribution in [-0.4, -0.2) is 24.3 Å². The summed E-state index contributed by atoms with van der Waals surface area (Å²) in [6, 6.07) is 6.72. The Morgan fingerprint density at radius 2 is 2.00 bits per heavy atom. The lowest BCUT2D eigenvalue weighted by Gasteiger charge is -2.28. The van der Waals surface area contributed by atoms with Gasteiger partial charge in [0.2, 0.25) is 0 Å². The molecule has 1 N–H and O–H groups in total. The molecule has 0 saturated carbocycles. The number of aliphatic hydroxyl groups excluding tert-OH is 1. The average molecular weight is 205 g/mol. The van der Waals surface area contributed by atoms with E-state index in [4.69, 9.17) is 0 Å². The highest BCUT2D eigenvalue weighted by Crippen LogP contribution is 2.30. The number of hydrogen-bond donors (Lipinski definition) is 1. The van der Waals surface area contributed by atoms with E-state index in [1.54, 1.807) is 0 Å². The highest BCUT2D eigenvalue weighted by molar-refractivity contribution is 5.60. The molecule has 1 aromatic carbocycles. The Labute approximate surface area is 91.5 Å². The van der Waals surface area contributed by atoms with Crippen molar-refractivity contribution in [3.63, 3.8) is 0 Å². The molecular weight excluding hydrogens is 186 g/mol. The van der Waals surface area contributed by atoms with Crippen LogP contribution in [0.4, 0.5) is 5.69 Å². The average Bonchev–Trinajstić information content (AvgIpc) is 2.65. The third-order valence-corrected chi connectivity index (χ3v) is 3.31. The monoisotopic (exact) mass is 205 g/mol. The molecule has 0 amide bonds. The molecule has 2 heteroatoms. The van der Waals surface area contributed by atoms with Gasteiger partial charge in [0.15, 0.2) is 0 Å². The van der Waals surface area contributed by atoms with Crippen LogP contribution >= 0.6 is 0 Å². The van der Waals surface area contributed by atoms with E-state index < -0.39 is 0 Å². The SMILES string of the molecule is Cc1cccc(C)c1N1CCCC1CO. The molecule has 82 valence electrons. The number of aliphatic hydroxyl groups is 1. The van der Waals surface area contributed by atoms with Gasteiger partial charge in [-0.3, -0.25) is 0 Å². The van der Waals surface area contributed by atoms with E-state index in [2.05, 4.69) is 36.9 Å². The largest absolute Gasteiger partial charge is 0.394 e. The Kier molecular flexibility index (Phi) is 2.96. The Morgan fingerprint density at radius 1 is 1.33 bits per heavy atom. The Morgan fingerprint density at radius 3 is 2.60 bits per heavy atom. The summed E-state index contributed by atoms with van der Waals surface area (Å²) in [6.45, 7) is 5.65. The predicted octanol–water partition coefficient (Wildman–Crippen LogP) is 2.26. The fourth-order valence-electron chi connectivity index (χ4n) is 2.58. The smallest absolute Gasteiger partial charge is 0.0635 e. The van der Waals surface area contributed by atoms with Gasteiger partial charge in [-0.25, -0.2) is 0 Å². The molecule has 1 fully saturated rings. The zero-order chi connectivity index (χ0) is 10.8. The van der Waals surface area contributed by atoms with Crippen LogP contribution in [0.2, 0.25) is 0 Å². The number of benzene rings is 1. The second-order valence-corrected chi connectivity index (χ2v) is 4.41. The molecule has 1 aromatic rings. The van der Waals surface area contributed by atoms with Gasteiger partial charge in [-0.15, -0.1) is 0 Å². The molecule has 1 aliphatic heterocycles. The van der Waals surface area contributed by atoms with Crippen molar-refractivity contribution in [2.45, 2.75) is 32.7 Å². The van der Waals surface area contributed by atoms with E-state index in [9.17, 15) is 5.11 Å². The fraction of sp³-hybridized carbons (Fsp3) is 0.538. The molecule has 1 unspecified atom stereocenters. The van der Waals surface area contributed by atoms with Gasteiger partial charge in [0.25, 0.3) is 0 Å². The van der Waals surface area contributed by atoms with Crippen LogP contribution in [0.25, 0.3) is 0 Å². The van der Waals surface area contributed by atoms with Crippen LogP contribution in [0, 0.1) is 13.8 Å². The molecule has 0 aliphatic carbocycles. The summed E-state index contributed by atoms with van der Waals surface area (Å²) in [4.78, 5) is 2.37. The first-order valence-corrected chi connectivity index (χ1v) is 5.67. The quantitative estimate of drug-likeness (QED) is 0.800. The number of hydrogen-bond acceptors (Lipinski definition) is 2. The number of anilines is 1. The van der Waals surface area contributed by atoms with E-state index in [0.29, 0.717) is 6.04 Å². The fourth-order valence-corrected chi connectivity index (χ4v) is 2.58. The molecular formula is C13H19NO. The molecule has 1 aliphatic rings. The van der Waals surface area contributed by atoms with Crippen LogP contribution in [0.5, 0.6) is 0 Å². The third-order valence-electron chi connectivity index (χ3n) is 3.31. The maximum absolute atomic E-state index is 9.34. The zero-order valence-corrected chi connectivity index (χ0v) is 9.53. The van der Waals surface area contributed by atoms with Gasteiger partial charge in [-0.1, -0.05) is 18.2 Å². The number of rotatable bonds is 2. The molecule has 0 radical (unpaired) electrons. The first-order chi connectivity index (χ1) is 7.24. The lowest BCUT2D eigenvalue weighted by molar-refractivity contribution is 0.266. The first-order valence-electron chi connectivity index (χ1n) is 5.67. The van der Waals surface area contributed by atoms with Crippen molar-refractivity contribution in [1.29, 1.82) is 0 Å². The first kappa shape index (κ1) is 10.5. The summed E-state index contributed by atoms with van der Waals surface area (Å²) in [7, 11) is 0. The van der Waals surface area contributed by atoms with E-state index in [-0.39, 0.29) is 6.61 Å². The minimum Gasteiger partial charge on any atom is -0.394 e. The summed E-state index contributed by atoms with van der Waals surface area (Å²) in [6.07, 6.45) is 2.31. The Hall–Kier alpha value is -1.02. The molecule has 0 aromatic heterocycles. The van der Waals surface area contributed by atoms with Crippen molar-refractivity contribution < 1.29 is 5.11 Å². The normalized spacial score (nSPS) is 21.0. The summed E-state index contributed by atoms with van der Waals surface area (Å²) in [5.74, 6) is 0. The molecule has 2 nitrogen and oxygen atoms in total. The molecule has 1 heterocycles. The van der Waals surface area contributed by atoms with Gasteiger partial charge < -0.3 is 10.0 Å². The van der Waals surface area contributed by atoms with Gasteiger partial charge >= 0.3 is 0 Å². The van der Waals surface area contributed by atoms with Crippen LogP contribution in [0.1, 0.15) is 24.0 Å². The number of aryl methyl sites for hydroxylation is 2. The van der Waals surface area contributed by atoms with E-state index >= 15 is 0 Å². The van der Waals surface area contributed by atoms with Gasteiger partial charge in [-0.05, 0) is 37.8 Å². The van der Waals surface area contributed by atoms with Crippen molar-refractivity contribution in [2.24, 2.45) is 0 Å². The molecule has 0 spiro atoms. The Bertz CT molecular complexity index is 328. The summed E-state index contributed by atoms with van der Waals surface area (Å²) in [5, 5.41) is 9.34. The second kappa shape index (κ2) is 4.23. The lowest BCUT2D eigenvalue weighted by Crippen LogP contribution is -2.33. The summed E-state index contributed by atoms with van der Waals surface area (Å²) >= 11 is 0. The van der Waals surface area contributed by atoms with Crippen molar-refractivity contribution in [1.82, 2.24) is 0 Å². The van der Waals surface area contributed by atoms with Crippen molar-refractivity contribution >= 4 is 5.69 Å². The lowest BCUT2D eigenvalue weighted by atomic mass is 10.1. The molecule has 2 rings (SSSR count). The predicted molar refractivity (Wildman–Crippen MR) is 63.4 cm³/mol. The maximum atomic E-state index is 9.34. The molecule has 1 saturated heterocycles. The zero-order valence-electron chi connectivity index (χ0n) is 9.53. The minimum atomic E-state index is 0.272. The standard InChI is InChI=1S/C13H19NO/c1-10-5-3-6-11(2)13(10)14-8-4-7-12(14)9-15/h3,5-6,12,15H,4,7-9H2,1-2H3. The van der Waals surface area contributed by atoms with Crippen LogP contribution in [0.3, 0.4) is 0 Å². The van der Waals surface area contributed by atoms with Crippen molar-refractivity contribution in [3.05, 3.63) is 29.3 Å². The minimum absolute atomic E-state index is 0.272. The summed E-state index contributed by atoms with van der Waals surface area (Å²) < 4.78 is 0. The van der Waals surface area contributed by atoms with E-state index in [1.807, 2.05) is 0 Å². The molecule has 0 bridgehead atoms. The third kappa shape index (κ3) is 1.86. The topological polar surface area (TPSA) is 23.5 Å². The summed E-state index contributed by atoms with van der Waals surface area (Å²) in [5.41, 5.74) is 3.96. The van der Waals surface area contributed by atoms with Gasteiger partial charge in [0.1, 0.15) is 0 Å². The molecule has 1 atom stereocenters. The van der Waals surface area contributed by atoms with Gasteiger partial charge in [0.05, 0.1) is 12.6 Å². The number of para-hydroxylation sites is 1. The van der Waals surface area contributed by atoms with Crippen LogP contribution in [-0.2, 0) is 0 Å². The van der Waals surface area contributed by atoms with Gasteiger partial charge in [0, 0.05) is 12.2 Å². The van der Waals surface area contributed by atoms with Crippen LogP contribution < -0.4 is 4.90 Å². The van der Waals surface area contributed by atoms with E-state index in [1.165, 1.54) is 23.2 Å². The maximum Gasteiger partial charge on any atom is 0.0635 e.